The average molecular weight is 411 g/mol. The van der Waals surface area contributed by atoms with E-state index in [4.69, 9.17) is 14.5 Å². The summed E-state index contributed by atoms with van der Waals surface area (Å²) in [5.74, 6) is 0.633. The zero-order valence-corrected chi connectivity index (χ0v) is 17.0. The summed E-state index contributed by atoms with van der Waals surface area (Å²) < 4.78 is 13.4. The summed E-state index contributed by atoms with van der Waals surface area (Å²) in [6.07, 6.45) is -0.520. The second kappa shape index (κ2) is 8.08. The van der Waals surface area contributed by atoms with Crippen molar-refractivity contribution in [1.82, 2.24) is 14.8 Å². The van der Waals surface area contributed by atoms with Gasteiger partial charge in [-0.1, -0.05) is 54.6 Å². The number of hydrogen-bond donors (Lipinski definition) is 1. The van der Waals surface area contributed by atoms with E-state index in [9.17, 15) is 4.79 Å². The van der Waals surface area contributed by atoms with Gasteiger partial charge < -0.3 is 9.47 Å². The second-order valence-corrected chi connectivity index (χ2v) is 7.26. The van der Waals surface area contributed by atoms with Crippen LogP contribution in [0.15, 0.2) is 89.7 Å². The van der Waals surface area contributed by atoms with Gasteiger partial charge in [-0.05, 0) is 30.3 Å². The Morgan fingerprint density at radius 1 is 0.968 bits per heavy atom. The van der Waals surface area contributed by atoms with Crippen molar-refractivity contribution in [3.05, 3.63) is 107 Å². The number of aromatic nitrogens is 3. The lowest BCUT2D eigenvalue weighted by molar-refractivity contribution is 0.0126. The number of fused-ring (bicyclic) bond motifs is 2. The molecule has 0 fully saturated rings. The van der Waals surface area contributed by atoms with Gasteiger partial charge in [0.1, 0.15) is 5.75 Å². The molecule has 0 radical (unpaired) electrons. The van der Waals surface area contributed by atoms with Gasteiger partial charge in [-0.3, -0.25) is 19.6 Å². The highest BCUT2D eigenvalue weighted by molar-refractivity contribution is 5.80. The normalized spacial score (nSPS) is 12.3. The number of aromatic amines is 1. The van der Waals surface area contributed by atoms with E-state index in [1.54, 1.807) is 17.9 Å². The Morgan fingerprint density at radius 3 is 2.61 bits per heavy atom. The molecule has 0 aliphatic rings. The van der Waals surface area contributed by atoms with Crippen molar-refractivity contribution < 1.29 is 9.47 Å². The van der Waals surface area contributed by atoms with Crippen LogP contribution >= 0.6 is 0 Å². The number of nitrogens with zero attached hydrogens (tertiary/aromatic N) is 2. The molecule has 0 aliphatic carbocycles. The number of nitrogens with one attached hydrogen (secondary N) is 1. The van der Waals surface area contributed by atoms with Gasteiger partial charge in [0.05, 0.1) is 35.8 Å². The van der Waals surface area contributed by atoms with Gasteiger partial charge in [-0.25, -0.2) is 0 Å². The fourth-order valence-electron chi connectivity index (χ4n) is 3.74. The molecule has 1 atom stereocenters. The van der Waals surface area contributed by atoms with Crippen LogP contribution < -0.4 is 10.3 Å². The molecule has 0 spiro atoms. The van der Waals surface area contributed by atoms with Crippen molar-refractivity contribution in [2.45, 2.75) is 12.8 Å². The molecule has 2 heterocycles. The molecule has 3 aromatic carbocycles. The van der Waals surface area contributed by atoms with Gasteiger partial charge in [0, 0.05) is 10.9 Å². The third kappa shape index (κ3) is 3.69. The monoisotopic (exact) mass is 411 g/mol. The van der Waals surface area contributed by atoms with Crippen molar-refractivity contribution in [2.24, 2.45) is 0 Å². The minimum atomic E-state index is -0.520. The Morgan fingerprint density at radius 2 is 1.77 bits per heavy atom. The van der Waals surface area contributed by atoms with E-state index in [1.807, 2.05) is 78.9 Å². The Balaban J connectivity index is 1.53. The Kier molecular flexibility index (Phi) is 4.98. The van der Waals surface area contributed by atoms with Crippen LogP contribution in [-0.2, 0) is 11.3 Å². The summed E-state index contributed by atoms with van der Waals surface area (Å²) in [7, 11) is 1.58. The predicted octanol–water partition coefficient (Wildman–Crippen LogP) is 4.65. The lowest BCUT2D eigenvalue weighted by atomic mass is 10.2. The minimum absolute atomic E-state index is 0.192. The summed E-state index contributed by atoms with van der Waals surface area (Å²) in [6, 6.07) is 27.2. The topological polar surface area (TPSA) is 69.1 Å². The quantitative estimate of drug-likeness (QED) is 0.442. The van der Waals surface area contributed by atoms with Crippen LogP contribution in [0.4, 0.5) is 0 Å². The first-order chi connectivity index (χ1) is 15.2. The van der Waals surface area contributed by atoms with E-state index < -0.39 is 6.23 Å². The third-order valence-electron chi connectivity index (χ3n) is 5.29. The van der Waals surface area contributed by atoms with Crippen molar-refractivity contribution >= 4 is 21.8 Å². The van der Waals surface area contributed by atoms with Crippen LogP contribution in [0.1, 0.15) is 17.5 Å². The molecule has 0 amide bonds. The van der Waals surface area contributed by atoms with E-state index in [1.165, 1.54) is 0 Å². The maximum absolute atomic E-state index is 12.6. The first-order valence-electron chi connectivity index (χ1n) is 10.0. The van der Waals surface area contributed by atoms with E-state index in [-0.39, 0.29) is 5.56 Å². The maximum Gasteiger partial charge on any atom is 0.272 e. The zero-order valence-electron chi connectivity index (χ0n) is 17.0. The Hall–Kier alpha value is -3.90. The highest BCUT2D eigenvalue weighted by atomic mass is 16.5. The highest BCUT2D eigenvalue weighted by Crippen LogP contribution is 2.26. The van der Waals surface area contributed by atoms with E-state index in [2.05, 4.69) is 5.10 Å². The fourth-order valence-corrected chi connectivity index (χ4v) is 3.74. The van der Waals surface area contributed by atoms with Gasteiger partial charge in [-0.15, -0.1) is 0 Å². The van der Waals surface area contributed by atoms with E-state index in [0.29, 0.717) is 17.7 Å². The standard InChI is InChI=1S/C25H21N3O3/c1-30-20-13-14-23-21(15-20)24(29)27-28(23)25(18-8-3-2-4-9-18)31-16-19-12-11-17-7-5-6-10-22(17)26-19/h2-15,25H,16H2,1H3,(H,27,29). The predicted molar refractivity (Wildman–Crippen MR) is 120 cm³/mol. The minimum Gasteiger partial charge on any atom is -0.497 e. The average Bonchev–Trinajstić information content (AvgIpc) is 3.15. The number of H-pyrrole nitrogens is 1. The first kappa shape index (κ1) is 19.1. The molecule has 1 unspecified atom stereocenters. The number of ether oxygens (including phenoxy) is 2. The SMILES string of the molecule is COc1ccc2c(c1)c(=O)[nH]n2C(OCc1ccc2ccccc2n1)c1ccccc1. The molecule has 6 nitrogen and oxygen atoms in total. The number of para-hydroxylation sites is 1. The number of pyridine rings is 1. The van der Waals surface area contributed by atoms with Crippen LogP contribution in [0, 0.1) is 0 Å². The van der Waals surface area contributed by atoms with Crippen molar-refractivity contribution in [1.29, 1.82) is 0 Å². The highest BCUT2D eigenvalue weighted by Gasteiger charge is 2.19. The smallest absolute Gasteiger partial charge is 0.272 e. The van der Waals surface area contributed by atoms with Crippen LogP contribution in [0.2, 0.25) is 0 Å². The number of hydrogen-bond acceptors (Lipinski definition) is 4. The molecule has 154 valence electrons. The van der Waals surface area contributed by atoms with Crippen molar-refractivity contribution in [3.8, 4) is 5.75 Å². The summed E-state index contributed by atoms with van der Waals surface area (Å²) in [4.78, 5) is 17.3. The molecule has 31 heavy (non-hydrogen) atoms. The Bertz CT molecular complexity index is 1410. The summed E-state index contributed by atoms with van der Waals surface area (Å²) in [5, 5.41) is 4.56. The third-order valence-corrected chi connectivity index (χ3v) is 5.29. The van der Waals surface area contributed by atoms with Crippen LogP contribution in [0.5, 0.6) is 5.75 Å². The van der Waals surface area contributed by atoms with Gasteiger partial charge in [-0.2, -0.15) is 0 Å². The number of rotatable bonds is 6. The molecule has 0 saturated carbocycles. The summed E-state index contributed by atoms with van der Waals surface area (Å²) >= 11 is 0. The second-order valence-electron chi connectivity index (χ2n) is 7.26. The summed E-state index contributed by atoms with van der Waals surface area (Å²) in [5.41, 5.74) is 3.22. The molecule has 5 rings (SSSR count). The van der Waals surface area contributed by atoms with E-state index in [0.717, 1.165) is 27.7 Å². The van der Waals surface area contributed by atoms with Crippen LogP contribution in [0.3, 0.4) is 0 Å². The molecule has 6 heteroatoms. The lowest BCUT2D eigenvalue weighted by Gasteiger charge is -2.20. The van der Waals surface area contributed by atoms with Crippen LogP contribution in [0.25, 0.3) is 21.8 Å². The van der Waals surface area contributed by atoms with Gasteiger partial charge in [0.2, 0.25) is 0 Å². The van der Waals surface area contributed by atoms with Crippen LogP contribution in [-0.4, -0.2) is 21.9 Å². The van der Waals surface area contributed by atoms with Gasteiger partial charge in [0.25, 0.3) is 5.56 Å². The zero-order chi connectivity index (χ0) is 21.2. The molecule has 1 N–H and O–H groups in total. The summed E-state index contributed by atoms with van der Waals surface area (Å²) in [6.45, 7) is 0.294. The van der Waals surface area contributed by atoms with Gasteiger partial charge >= 0.3 is 0 Å². The van der Waals surface area contributed by atoms with E-state index >= 15 is 0 Å². The molecule has 5 aromatic rings. The number of methoxy groups -OCH3 is 1. The molecular weight excluding hydrogens is 390 g/mol. The largest absolute Gasteiger partial charge is 0.497 e. The maximum atomic E-state index is 12.6. The molecule has 0 saturated heterocycles. The Labute approximate surface area is 178 Å². The number of benzene rings is 3. The lowest BCUT2D eigenvalue weighted by Crippen LogP contribution is -2.18. The van der Waals surface area contributed by atoms with Crippen molar-refractivity contribution in [2.75, 3.05) is 7.11 Å². The molecule has 2 aromatic heterocycles. The van der Waals surface area contributed by atoms with Crippen molar-refractivity contribution in [3.63, 3.8) is 0 Å². The molecule has 0 aliphatic heterocycles. The molecular formula is C25H21N3O3. The first-order valence-corrected chi connectivity index (χ1v) is 10.0. The van der Waals surface area contributed by atoms with Gasteiger partial charge in [0.15, 0.2) is 6.23 Å². The fraction of sp³-hybridized carbons (Fsp3) is 0.120. The molecule has 0 bridgehead atoms.